The number of benzene rings is 2. The van der Waals surface area contributed by atoms with E-state index in [1.54, 1.807) is 17.1 Å². The molecule has 2 aromatic carbocycles. The number of hydrogen-bond acceptors (Lipinski definition) is 5. The van der Waals surface area contributed by atoms with Crippen LogP contribution < -0.4 is 16.0 Å². The Labute approximate surface area is 161 Å². The Morgan fingerprint density at radius 1 is 0.857 bits per heavy atom. The molecule has 2 heterocycles. The minimum Gasteiger partial charge on any atom is -0.340 e. The van der Waals surface area contributed by atoms with E-state index in [2.05, 4.69) is 30.9 Å². The molecule has 8 heteroatoms. The molecule has 3 N–H and O–H groups in total. The van der Waals surface area contributed by atoms with Gasteiger partial charge in [0.2, 0.25) is 0 Å². The molecule has 0 saturated heterocycles. The van der Waals surface area contributed by atoms with Gasteiger partial charge in [0.25, 0.3) is 0 Å². The van der Waals surface area contributed by atoms with E-state index in [0.29, 0.717) is 17.3 Å². The van der Waals surface area contributed by atoms with E-state index >= 15 is 0 Å². The number of carbonyl (C=O) groups excluding carboxylic acids is 1. The molecule has 2 aromatic heterocycles. The molecule has 0 bridgehead atoms. The van der Waals surface area contributed by atoms with Crippen molar-refractivity contribution in [2.75, 3.05) is 16.0 Å². The van der Waals surface area contributed by atoms with Crippen molar-refractivity contribution in [3.63, 3.8) is 0 Å². The maximum atomic E-state index is 12.0. The Bertz CT molecular complexity index is 1050. The highest BCUT2D eigenvalue weighted by Gasteiger charge is 2.04. The zero-order valence-electron chi connectivity index (χ0n) is 14.8. The van der Waals surface area contributed by atoms with Gasteiger partial charge in [0.15, 0.2) is 0 Å². The molecule has 0 fully saturated rings. The fourth-order valence-corrected chi connectivity index (χ4v) is 2.55. The number of aromatic nitrogens is 4. The van der Waals surface area contributed by atoms with Crippen LogP contribution in [-0.2, 0) is 0 Å². The summed E-state index contributed by atoms with van der Waals surface area (Å²) in [7, 11) is 0. The van der Waals surface area contributed by atoms with Crippen molar-refractivity contribution < 1.29 is 4.79 Å². The lowest BCUT2D eigenvalue weighted by atomic mass is 10.2. The van der Waals surface area contributed by atoms with Gasteiger partial charge < -0.3 is 16.0 Å². The largest absolute Gasteiger partial charge is 0.340 e. The van der Waals surface area contributed by atoms with E-state index in [0.717, 1.165) is 11.4 Å². The maximum Gasteiger partial charge on any atom is 0.323 e. The highest BCUT2D eigenvalue weighted by Crippen LogP contribution is 2.19. The van der Waals surface area contributed by atoms with Crippen molar-refractivity contribution >= 4 is 28.9 Å². The second-order valence-corrected chi connectivity index (χ2v) is 5.88. The molecule has 0 saturated carbocycles. The quantitative estimate of drug-likeness (QED) is 0.492. The molecule has 0 aliphatic heterocycles. The summed E-state index contributed by atoms with van der Waals surface area (Å²) >= 11 is 0. The molecule has 0 radical (unpaired) electrons. The average Bonchev–Trinajstić information content (AvgIpc) is 3.25. The van der Waals surface area contributed by atoms with Crippen molar-refractivity contribution in [2.24, 2.45) is 0 Å². The fourth-order valence-electron chi connectivity index (χ4n) is 2.55. The summed E-state index contributed by atoms with van der Waals surface area (Å²) in [6.45, 7) is 0. The SMILES string of the molecule is O=C(Nc1ccccc1)Nc1ccc(Nc2cc(-n3ccnc3)ncn2)cc1. The van der Waals surface area contributed by atoms with Gasteiger partial charge in [-0.2, -0.15) is 0 Å². The summed E-state index contributed by atoms with van der Waals surface area (Å²) in [5.74, 6) is 1.37. The monoisotopic (exact) mass is 371 g/mol. The maximum absolute atomic E-state index is 12.0. The van der Waals surface area contributed by atoms with Crippen molar-refractivity contribution in [3.05, 3.63) is 85.7 Å². The van der Waals surface area contributed by atoms with Crippen LogP contribution in [0.25, 0.3) is 5.82 Å². The number of urea groups is 1. The molecule has 0 aliphatic rings. The number of anilines is 4. The Morgan fingerprint density at radius 3 is 2.29 bits per heavy atom. The third-order valence-electron chi connectivity index (χ3n) is 3.87. The van der Waals surface area contributed by atoms with Crippen molar-refractivity contribution in [1.29, 1.82) is 0 Å². The van der Waals surface area contributed by atoms with Gasteiger partial charge in [-0.1, -0.05) is 18.2 Å². The molecule has 8 nitrogen and oxygen atoms in total. The van der Waals surface area contributed by atoms with Crippen LogP contribution in [0.4, 0.5) is 27.7 Å². The van der Waals surface area contributed by atoms with E-state index < -0.39 is 0 Å². The minimum atomic E-state index is -0.298. The number of hydrogen-bond donors (Lipinski definition) is 3. The predicted molar refractivity (Wildman–Crippen MR) is 108 cm³/mol. The molecule has 4 aromatic rings. The Kier molecular flexibility index (Phi) is 4.92. The average molecular weight is 371 g/mol. The fraction of sp³-hybridized carbons (Fsp3) is 0. The van der Waals surface area contributed by atoms with Crippen LogP contribution in [0.5, 0.6) is 0 Å². The molecule has 28 heavy (non-hydrogen) atoms. The normalized spacial score (nSPS) is 10.3. The van der Waals surface area contributed by atoms with Crippen LogP contribution in [-0.4, -0.2) is 25.6 Å². The van der Waals surface area contributed by atoms with Gasteiger partial charge in [0, 0.05) is 35.5 Å². The van der Waals surface area contributed by atoms with E-state index in [4.69, 9.17) is 0 Å². The summed E-state index contributed by atoms with van der Waals surface area (Å²) in [6, 6.07) is 18.1. The number of carbonyl (C=O) groups is 1. The molecule has 0 spiro atoms. The standard InChI is InChI=1S/C20H17N7O/c28-20(25-15-4-2-1-3-5-15)26-17-8-6-16(7-9-17)24-18-12-19(23-13-22-18)27-11-10-21-14-27/h1-14H,(H,22,23,24)(H2,25,26,28). The van der Waals surface area contributed by atoms with Crippen LogP contribution in [0.15, 0.2) is 85.7 Å². The highest BCUT2D eigenvalue weighted by atomic mass is 16.2. The van der Waals surface area contributed by atoms with E-state index in [9.17, 15) is 4.79 Å². The van der Waals surface area contributed by atoms with Crippen molar-refractivity contribution in [2.45, 2.75) is 0 Å². The molecule has 138 valence electrons. The Balaban J connectivity index is 1.38. The number of nitrogens with one attached hydrogen (secondary N) is 3. The van der Waals surface area contributed by atoms with Gasteiger partial charge in [-0.15, -0.1) is 0 Å². The Hall–Kier alpha value is -4.20. The lowest BCUT2D eigenvalue weighted by molar-refractivity contribution is 0.262. The molecular weight excluding hydrogens is 354 g/mol. The second kappa shape index (κ2) is 8.00. The molecule has 4 rings (SSSR count). The zero-order valence-corrected chi connectivity index (χ0v) is 14.8. The zero-order chi connectivity index (χ0) is 19.2. The van der Waals surface area contributed by atoms with Crippen LogP contribution >= 0.6 is 0 Å². The second-order valence-electron chi connectivity index (χ2n) is 5.88. The molecule has 0 unspecified atom stereocenters. The molecule has 2 amide bonds. The number of nitrogens with zero attached hydrogens (tertiary/aromatic N) is 4. The third kappa shape index (κ3) is 4.31. The van der Waals surface area contributed by atoms with E-state index in [-0.39, 0.29) is 6.03 Å². The van der Waals surface area contributed by atoms with E-state index in [1.165, 1.54) is 6.33 Å². The Morgan fingerprint density at radius 2 is 1.57 bits per heavy atom. The number of para-hydroxylation sites is 1. The van der Waals surface area contributed by atoms with E-state index in [1.807, 2.05) is 66.9 Å². The number of imidazole rings is 1. The molecule has 0 atom stereocenters. The lowest BCUT2D eigenvalue weighted by Crippen LogP contribution is -2.19. The van der Waals surface area contributed by atoms with Crippen LogP contribution in [0.3, 0.4) is 0 Å². The van der Waals surface area contributed by atoms with Gasteiger partial charge >= 0.3 is 6.03 Å². The first-order valence-corrected chi connectivity index (χ1v) is 8.57. The van der Waals surface area contributed by atoms with Gasteiger partial charge in [0.05, 0.1) is 0 Å². The summed E-state index contributed by atoms with van der Waals surface area (Å²) in [6.07, 6.45) is 6.66. The van der Waals surface area contributed by atoms with Crippen LogP contribution in [0.1, 0.15) is 0 Å². The predicted octanol–water partition coefficient (Wildman–Crippen LogP) is 4.05. The number of rotatable bonds is 5. The topological polar surface area (TPSA) is 96.8 Å². The van der Waals surface area contributed by atoms with Crippen molar-refractivity contribution in [3.8, 4) is 5.82 Å². The third-order valence-corrected chi connectivity index (χ3v) is 3.87. The van der Waals surface area contributed by atoms with Gasteiger partial charge in [-0.3, -0.25) is 4.57 Å². The lowest BCUT2D eigenvalue weighted by Gasteiger charge is -2.10. The van der Waals surface area contributed by atoms with Gasteiger partial charge in [0.1, 0.15) is 24.3 Å². The molecule has 0 aliphatic carbocycles. The highest BCUT2D eigenvalue weighted by molar-refractivity contribution is 5.99. The summed E-state index contributed by atoms with van der Waals surface area (Å²) in [5, 5.41) is 8.78. The first kappa shape index (κ1) is 17.2. The first-order chi connectivity index (χ1) is 13.8. The summed E-state index contributed by atoms with van der Waals surface area (Å²) in [5.41, 5.74) is 2.25. The van der Waals surface area contributed by atoms with Gasteiger partial charge in [-0.05, 0) is 36.4 Å². The summed E-state index contributed by atoms with van der Waals surface area (Å²) < 4.78 is 1.80. The minimum absolute atomic E-state index is 0.298. The smallest absolute Gasteiger partial charge is 0.323 e. The molecular formula is C20H17N7O. The van der Waals surface area contributed by atoms with Gasteiger partial charge in [-0.25, -0.2) is 19.7 Å². The summed E-state index contributed by atoms with van der Waals surface area (Å²) in [4.78, 5) is 24.5. The van der Waals surface area contributed by atoms with Crippen molar-refractivity contribution in [1.82, 2.24) is 19.5 Å². The van der Waals surface area contributed by atoms with Crippen LogP contribution in [0, 0.1) is 0 Å². The van der Waals surface area contributed by atoms with Crippen LogP contribution in [0.2, 0.25) is 0 Å². The first-order valence-electron chi connectivity index (χ1n) is 8.57. The number of amides is 2.